The van der Waals surface area contributed by atoms with Crippen LogP contribution in [0.5, 0.6) is 5.75 Å². The minimum absolute atomic E-state index is 0.192. The van der Waals surface area contributed by atoms with Crippen molar-refractivity contribution in [2.24, 2.45) is 5.92 Å². The van der Waals surface area contributed by atoms with E-state index in [2.05, 4.69) is 0 Å². The van der Waals surface area contributed by atoms with Crippen LogP contribution in [0, 0.1) is 5.92 Å². The fourth-order valence-corrected chi connectivity index (χ4v) is 5.49. The Bertz CT molecular complexity index is 670. The lowest BCUT2D eigenvalue weighted by Crippen LogP contribution is -2.37. The Morgan fingerprint density at radius 3 is 2.55 bits per heavy atom. The number of hydrogen-bond acceptors (Lipinski definition) is 4. The third kappa shape index (κ3) is 2.38. The van der Waals surface area contributed by atoms with Crippen LogP contribution < -0.4 is 4.74 Å². The first-order chi connectivity index (χ1) is 10.4. The first-order valence-corrected chi connectivity index (χ1v) is 8.88. The summed E-state index contributed by atoms with van der Waals surface area (Å²) in [4.78, 5) is 11.5. The molecule has 2 aliphatic rings. The largest absolute Gasteiger partial charge is 0.494 e. The number of aliphatic carboxylic acids is 1. The molecule has 2 fully saturated rings. The van der Waals surface area contributed by atoms with E-state index in [1.165, 1.54) is 16.4 Å². The average Bonchev–Trinajstić information content (AvgIpc) is 3.06. The lowest BCUT2D eigenvalue weighted by Gasteiger charge is -2.22. The van der Waals surface area contributed by atoms with Gasteiger partial charge in [-0.05, 0) is 50.5 Å². The van der Waals surface area contributed by atoms with E-state index in [0.29, 0.717) is 25.2 Å². The molecule has 2 heterocycles. The van der Waals surface area contributed by atoms with Crippen LogP contribution in [0.1, 0.15) is 26.2 Å². The average molecular weight is 325 g/mol. The van der Waals surface area contributed by atoms with Crippen molar-refractivity contribution in [3.05, 3.63) is 24.3 Å². The van der Waals surface area contributed by atoms with Crippen molar-refractivity contribution >= 4 is 16.0 Å². The standard InChI is InChI=1S/C15H19NO5S/c1-2-21-11-4-6-12(7-5-11)22(19,20)16-10-3-8-14(16)13(9-10)15(17)18/h4-7,10,13-14H,2-3,8-9H2,1H3,(H,17,18). The van der Waals surface area contributed by atoms with Crippen LogP contribution in [0.4, 0.5) is 0 Å². The summed E-state index contributed by atoms with van der Waals surface area (Å²) in [7, 11) is -3.66. The molecule has 7 heteroatoms. The Morgan fingerprint density at radius 2 is 2.00 bits per heavy atom. The minimum atomic E-state index is -3.66. The van der Waals surface area contributed by atoms with Gasteiger partial charge in [-0.3, -0.25) is 4.79 Å². The number of carboxylic acid groups (broad SMARTS) is 1. The molecule has 120 valence electrons. The fraction of sp³-hybridized carbons (Fsp3) is 0.533. The molecular weight excluding hydrogens is 306 g/mol. The van der Waals surface area contributed by atoms with Crippen molar-refractivity contribution in [3.63, 3.8) is 0 Å². The van der Waals surface area contributed by atoms with E-state index < -0.39 is 28.0 Å². The van der Waals surface area contributed by atoms with Gasteiger partial charge in [0.2, 0.25) is 10.0 Å². The van der Waals surface area contributed by atoms with E-state index >= 15 is 0 Å². The summed E-state index contributed by atoms with van der Waals surface area (Å²) in [5.41, 5.74) is 0. The smallest absolute Gasteiger partial charge is 0.308 e. The van der Waals surface area contributed by atoms with Crippen LogP contribution in [0.25, 0.3) is 0 Å². The molecular formula is C15H19NO5S. The molecule has 0 saturated carbocycles. The molecule has 1 aromatic carbocycles. The van der Waals surface area contributed by atoms with Crippen molar-refractivity contribution < 1.29 is 23.1 Å². The predicted octanol–water partition coefficient (Wildman–Crippen LogP) is 1.71. The van der Waals surface area contributed by atoms with Gasteiger partial charge in [0.25, 0.3) is 0 Å². The summed E-state index contributed by atoms with van der Waals surface area (Å²) in [5.74, 6) is -0.871. The van der Waals surface area contributed by atoms with Gasteiger partial charge in [-0.25, -0.2) is 8.42 Å². The summed E-state index contributed by atoms with van der Waals surface area (Å²) < 4.78 is 32.4. The lowest BCUT2D eigenvalue weighted by atomic mass is 9.89. The maximum absolute atomic E-state index is 12.8. The Hall–Kier alpha value is -1.60. The van der Waals surface area contributed by atoms with Crippen LogP contribution in [0.2, 0.25) is 0 Å². The third-order valence-corrected chi connectivity index (χ3v) is 6.49. The van der Waals surface area contributed by atoms with Gasteiger partial charge in [-0.15, -0.1) is 0 Å². The monoisotopic (exact) mass is 325 g/mol. The zero-order valence-corrected chi connectivity index (χ0v) is 13.1. The van der Waals surface area contributed by atoms with Crippen LogP contribution in [-0.4, -0.2) is 42.5 Å². The molecule has 22 heavy (non-hydrogen) atoms. The van der Waals surface area contributed by atoms with E-state index in [-0.39, 0.29) is 10.9 Å². The van der Waals surface area contributed by atoms with Gasteiger partial charge in [0.15, 0.2) is 0 Å². The fourth-order valence-electron chi connectivity index (χ4n) is 3.58. The second-order valence-electron chi connectivity index (χ2n) is 5.72. The predicted molar refractivity (Wildman–Crippen MR) is 79.2 cm³/mol. The van der Waals surface area contributed by atoms with Gasteiger partial charge in [0.05, 0.1) is 17.4 Å². The Balaban J connectivity index is 1.89. The lowest BCUT2D eigenvalue weighted by molar-refractivity contribution is -0.142. The van der Waals surface area contributed by atoms with Gasteiger partial charge in [-0.1, -0.05) is 0 Å². The van der Waals surface area contributed by atoms with Crippen molar-refractivity contribution in [1.82, 2.24) is 4.31 Å². The zero-order chi connectivity index (χ0) is 15.9. The number of sulfonamides is 1. The molecule has 3 rings (SSSR count). The molecule has 0 spiro atoms. The molecule has 1 N–H and O–H groups in total. The normalized spacial score (nSPS) is 28.0. The second kappa shape index (κ2) is 5.55. The highest BCUT2D eigenvalue weighted by Gasteiger charge is 2.54. The van der Waals surface area contributed by atoms with Crippen molar-refractivity contribution in [1.29, 1.82) is 0 Å². The van der Waals surface area contributed by atoms with Gasteiger partial charge in [0.1, 0.15) is 5.75 Å². The van der Waals surface area contributed by atoms with E-state index in [1.807, 2.05) is 6.92 Å². The van der Waals surface area contributed by atoms with Gasteiger partial charge < -0.3 is 9.84 Å². The SMILES string of the molecule is CCOc1ccc(S(=O)(=O)N2C3CCC2C(C(=O)O)C3)cc1. The van der Waals surface area contributed by atoms with Gasteiger partial charge >= 0.3 is 5.97 Å². The van der Waals surface area contributed by atoms with E-state index in [0.717, 1.165) is 6.42 Å². The molecule has 0 aliphatic carbocycles. The number of rotatable bonds is 5. The Labute approximate surface area is 129 Å². The highest BCUT2D eigenvalue weighted by atomic mass is 32.2. The van der Waals surface area contributed by atoms with E-state index in [4.69, 9.17) is 4.74 Å². The molecule has 3 unspecified atom stereocenters. The van der Waals surface area contributed by atoms with Gasteiger partial charge in [-0.2, -0.15) is 4.31 Å². The molecule has 1 aromatic rings. The Kier molecular flexibility index (Phi) is 3.86. The van der Waals surface area contributed by atoms with E-state index in [1.54, 1.807) is 12.1 Å². The molecule has 6 nitrogen and oxygen atoms in total. The van der Waals surface area contributed by atoms with Crippen molar-refractivity contribution in [2.75, 3.05) is 6.61 Å². The van der Waals surface area contributed by atoms with Crippen LogP contribution >= 0.6 is 0 Å². The number of benzene rings is 1. The number of hydrogen-bond donors (Lipinski definition) is 1. The summed E-state index contributed by atoms with van der Waals surface area (Å²) in [6.07, 6.45) is 1.78. The third-order valence-electron chi connectivity index (χ3n) is 4.50. The Morgan fingerprint density at radius 1 is 1.32 bits per heavy atom. The molecule has 2 bridgehead atoms. The topological polar surface area (TPSA) is 83.9 Å². The molecule has 0 aromatic heterocycles. The van der Waals surface area contributed by atoms with Crippen molar-refractivity contribution in [2.45, 2.75) is 43.2 Å². The maximum atomic E-state index is 12.8. The first kappa shape index (κ1) is 15.3. The minimum Gasteiger partial charge on any atom is -0.494 e. The first-order valence-electron chi connectivity index (χ1n) is 7.44. The van der Waals surface area contributed by atoms with E-state index in [9.17, 15) is 18.3 Å². The number of ether oxygens (including phenoxy) is 1. The molecule has 0 amide bonds. The molecule has 2 aliphatic heterocycles. The van der Waals surface area contributed by atoms with Gasteiger partial charge in [0, 0.05) is 12.1 Å². The maximum Gasteiger partial charge on any atom is 0.308 e. The number of carbonyl (C=O) groups is 1. The van der Waals surface area contributed by atoms with Crippen LogP contribution in [0.3, 0.4) is 0 Å². The number of nitrogens with zero attached hydrogens (tertiary/aromatic N) is 1. The summed E-state index contributed by atoms with van der Waals surface area (Å²) in [6, 6.07) is 5.69. The van der Waals surface area contributed by atoms with Crippen LogP contribution in [-0.2, 0) is 14.8 Å². The molecule has 2 saturated heterocycles. The summed E-state index contributed by atoms with van der Waals surface area (Å²) in [6.45, 7) is 2.38. The number of fused-ring (bicyclic) bond motifs is 2. The zero-order valence-electron chi connectivity index (χ0n) is 12.3. The molecule has 3 atom stereocenters. The quantitative estimate of drug-likeness (QED) is 0.891. The number of carboxylic acids is 1. The molecule has 0 radical (unpaired) electrons. The van der Waals surface area contributed by atoms with Crippen LogP contribution in [0.15, 0.2) is 29.2 Å². The highest BCUT2D eigenvalue weighted by molar-refractivity contribution is 7.89. The van der Waals surface area contributed by atoms with Crippen molar-refractivity contribution in [3.8, 4) is 5.75 Å². The summed E-state index contributed by atoms with van der Waals surface area (Å²) >= 11 is 0. The second-order valence-corrected chi connectivity index (χ2v) is 7.56. The summed E-state index contributed by atoms with van der Waals surface area (Å²) in [5, 5.41) is 9.25. The highest BCUT2D eigenvalue weighted by Crippen LogP contribution is 2.45.